The first kappa shape index (κ1) is 14.3. The first-order chi connectivity index (χ1) is 11.8. The Kier molecular flexibility index (Phi) is 3.63. The summed E-state index contributed by atoms with van der Waals surface area (Å²) < 4.78 is 0. The lowest BCUT2D eigenvalue weighted by Crippen LogP contribution is -2.31. The molecule has 1 unspecified atom stereocenters. The second-order valence-electron chi connectivity index (χ2n) is 5.62. The van der Waals surface area contributed by atoms with Crippen molar-refractivity contribution in [1.29, 1.82) is 0 Å². The number of nitrogens with one attached hydrogen (secondary N) is 1. The lowest BCUT2D eigenvalue weighted by Gasteiger charge is -2.26. The van der Waals surface area contributed by atoms with E-state index in [4.69, 9.17) is 4.99 Å². The molecule has 0 aliphatic carbocycles. The SMILES string of the molecule is O=Nc1ccccc1C1=NC2=CC=C(c3ccccc3)NC2C=C1. The molecule has 0 radical (unpaired) electrons. The summed E-state index contributed by atoms with van der Waals surface area (Å²) >= 11 is 0. The van der Waals surface area contributed by atoms with Crippen molar-refractivity contribution in [3.05, 3.63) is 101 Å². The fraction of sp³-hybridized carbons (Fsp3) is 0.0500. The minimum absolute atomic E-state index is 0.0327. The molecule has 0 saturated carbocycles. The van der Waals surface area contributed by atoms with Crippen LogP contribution in [0.2, 0.25) is 0 Å². The maximum Gasteiger partial charge on any atom is 0.117 e. The Morgan fingerprint density at radius 2 is 1.75 bits per heavy atom. The van der Waals surface area contributed by atoms with Crippen molar-refractivity contribution >= 4 is 17.1 Å². The van der Waals surface area contributed by atoms with Gasteiger partial charge >= 0.3 is 0 Å². The lowest BCUT2D eigenvalue weighted by atomic mass is 9.99. The largest absolute Gasteiger partial charge is 0.373 e. The molecule has 4 rings (SSSR count). The van der Waals surface area contributed by atoms with E-state index in [2.05, 4.69) is 28.7 Å². The predicted octanol–water partition coefficient (Wildman–Crippen LogP) is 4.34. The Balaban J connectivity index is 1.69. The summed E-state index contributed by atoms with van der Waals surface area (Å²) in [6, 6.07) is 17.5. The van der Waals surface area contributed by atoms with Crippen LogP contribution in [0.5, 0.6) is 0 Å². The normalized spacial score (nSPS) is 18.7. The van der Waals surface area contributed by atoms with Gasteiger partial charge in [-0.3, -0.25) is 4.99 Å². The molecule has 116 valence electrons. The van der Waals surface area contributed by atoms with Gasteiger partial charge < -0.3 is 5.32 Å². The number of nitroso groups, excluding NO2 is 1. The van der Waals surface area contributed by atoms with Crippen LogP contribution in [0.1, 0.15) is 11.1 Å². The molecule has 1 atom stereocenters. The maximum atomic E-state index is 11.0. The molecular weight excluding hydrogens is 298 g/mol. The van der Waals surface area contributed by atoms with Crippen molar-refractivity contribution in [1.82, 2.24) is 5.32 Å². The van der Waals surface area contributed by atoms with Crippen molar-refractivity contribution in [2.75, 3.05) is 0 Å². The van der Waals surface area contributed by atoms with Gasteiger partial charge in [-0.2, -0.15) is 0 Å². The van der Waals surface area contributed by atoms with Crippen LogP contribution in [0.15, 0.2) is 94.8 Å². The second-order valence-corrected chi connectivity index (χ2v) is 5.62. The monoisotopic (exact) mass is 313 g/mol. The number of benzene rings is 2. The highest BCUT2D eigenvalue weighted by Crippen LogP contribution is 2.27. The van der Waals surface area contributed by atoms with E-state index in [9.17, 15) is 4.91 Å². The van der Waals surface area contributed by atoms with E-state index in [-0.39, 0.29) is 6.04 Å². The number of nitrogens with zero attached hydrogens (tertiary/aromatic N) is 2. The molecule has 2 aromatic carbocycles. The fourth-order valence-electron chi connectivity index (χ4n) is 2.90. The molecule has 24 heavy (non-hydrogen) atoms. The molecular formula is C20H15N3O. The van der Waals surface area contributed by atoms with E-state index in [1.54, 1.807) is 12.1 Å². The number of hydrogen-bond donors (Lipinski definition) is 1. The van der Waals surface area contributed by atoms with Crippen LogP contribution in [0, 0.1) is 4.91 Å². The summed E-state index contributed by atoms with van der Waals surface area (Å²) in [4.78, 5) is 15.7. The van der Waals surface area contributed by atoms with Crippen molar-refractivity contribution in [3.63, 3.8) is 0 Å². The molecule has 0 bridgehead atoms. The zero-order valence-corrected chi connectivity index (χ0v) is 12.9. The highest BCUT2D eigenvalue weighted by Gasteiger charge is 2.21. The van der Waals surface area contributed by atoms with Crippen LogP contribution in [0.4, 0.5) is 5.69 Å². The molecule has 1 N–H and O–H groups in total. The van der Waals surface area contributed by atoms with Gasteiger partial charge in [0, 0.05) is 11.3 Å². The smallest absolute Gasteiger partial charge is 0.117 e. The van der Waals surface area contributed by atoms with E-state index in [1.807, 2.05) is 48.6 Å². The molecule has 0 aromatic heterocycles. The summed E-state index contributed by atoms with van der Waals surface area (Å²) in [7, 11) is 0. The number of allylic oxidation sites excluding steroid dienone is 3. The number of hydrogen-bond acceptors (Lipinski definition) is 4. The van der Waals surface area contributed by atoms with Gasteiger partial charge in [0.2, 0.25) is 0 Å². The van der Waals surface area contributed by atoms with Gasteiger partial charge in [-0.1, -0.05) is 54.6 Å². The minimum Gasteiger partial charge on any atom is -0.373 e. The quantitative estimate of drug-likeness (QED) is 0.857. The minimum atomic E-state index is 0.0327. The fourth-order valence-corrected chi connectivity index (χ4v) is 2.90. The summed E-state index contributed by atoms with van der Waals surface area (Å²) in [5.74, 6) is 0. The molecule has 2 aromatic rings. The van der Waals surface area contributed by atoms with Crippen LogP contribution < -0.4 is 5.32 Å². The van der Waals surface area contributed by atoms with Crippen LogP contribution in [-0.2, 0) is 0 Å². The predicted molar refractivity (Wildman–Crippen MR) is 97.0 cm³/mol. The Labute approximate surface area is 139 Å². The van der Waals surface area contributed by atoms with Crippen molar-refractivity contribution in [2.24, 2.45) is 10.2 Å². The van der Waals surface area contributed by atoms with E-state index >= 15 is 0 Å². The van der Waals surface area contributed by atoms with Gasteiger partial charge in [0.25, 0.3) is 0 Å². The molecule has 2 heterocycles. The van der Waals surface area contributed by atoms with Crippen molar-refractivity contribution < 1.29 is 0 Å². The van der Waals surface area contributed by atoms with Crippen LogP contribution in [-0.4, -0.2) is 11.8 Å². The van der Waals surface area contributed by atoms with Crippen LogP contribution >= 0.6 is 0 Å². The third-order valence-corrected chi connectivity index (χ3v) is 4.11. The Hall–Kier alpha value is -3.27. The van der Waals surface area contributed by atoms with E-state index in [1.165, 1.54) is 0 Å². The topological polar surface area (TPSA) is 53.8 Å². The summed E-state index contributed by atoms with van der Waals surface area (Å²) in [6.07, 6.45) is 8.05. The van der Waals surface area contributed by atoms with E-state index in [0.29, 0.717) is 5.69 Å². The molecule has 2 aliphatic rings. The summed E-state index contributed by atoms with van der Waals surface area (Å²) in [6.45, 7) is 0. The van der Waals surface area contributed by atoms with Gasteiger partial charge in [0.05, 0.1) is 17.5 Å². The molecule has 0 spiro atoms. The highest BCUT2D eigenvalue weighted by molar-refractivity contribution is 6.13. The zero-order chi connectivity index (χ0) is 16.4. The third-order valence-electron chi connectivity index (χ3n) is 4.11. The zero-order valence-electron chi connectivity index (χ0n) is 12.9. The van der Waals surface area contributed by atoms with E-state index in [0.717, 1.165) is 28.2 Å². The molecule has 2 aliphatic heterocycles. The standard InChI is InChI=1S/C20H15N3O/c24-23-18-9-5-4-8-15(18)17-11-13-19-20(22-17)12-10-16(21-19)14-6-2-1-3-7-14/h1-13,19,21H. The molecule has 0 amide bonds. The van der Waals surface area contributed by atoms with Gasteiger partial charge in [-0.25, -0.2) is 0 Å². The van der Waals surface area contributed by atoms with Crippen molar-refractivity contribution in [3.8, 4) is 0 Å². The van der Waals surface area contributed by atoms with Gasteiger partial charge in [-0.05, 0) is 35.0 Å². The van der Waals surface area contributed by atoms with Gasteiger partial charge in [0.15, 0.2) is 0 Å². The highest BCUT2D eigenvalue weighted by atomic mass is 16.3. The maximum absolute atomic E-state index is 11.0. The number of fused-ring (bicyclic) bond motifs is 1. The van der Waals surface area contributed by atoms with Gasteiger partial charge in [-0.15, -0.1) is 4.91 Å². The first-order valence-corrected chi connectivity index (χ1v) is 7.78. The van der Waals surface area contributed by atoms with Crippen LogP contribution in [0.25, 0.3) is 5.70 Å². The number of rotatable bonds is 3. The molecule has 0 fully saturated rings. The number of aliphatic imine (C=N–C) groups is 1. The third kappa shape index (κ3) is 2.58. The van der Waals surface area contributed by atoms with Crippen molar-refractivity contribution in [2.45, 2.75) is 6.04 Å². The Morgan fingerprint density at radius 3 is 2.58 bits per heavy atom. The average molecular weight is 313 g/mol. The lowest BCUT2D eigenvalue weighted by molar-refractivity contribution is 0.785. The summed E-state index contributed by atoms with van der Waals surface area (Å²) in [5, 5.41) is 6.58. The second kappa shape index (κ2) is 6.08. The van der Waals surface area contributed by atoms with E-state index < -0.39 is 0 Å². The molecule has 4 nitrogen and oxygen atoms in total. The van der Waals surface area contributed by atoms with Gasteiger partial charge in [0.1, 0.15) is 5.69 Å². The molecule has 4 heteroatoms. The average Bonchev–Trinajstić information content (AvgIpc) is 2.68. The Bertz CT molecular complexity index is 907. The number of dihydropyridines is 2. The first-order valence-electron chi connectivity index (χ1n) is 7.78. The molecule has 0 saturated heterocycles. The Morgan fingerprint density at radius 1 is 0.958 bits per heavy atom. The van der Waals surface area contributed by atoms with Crippen LogP contribution in [0.3, 0.4) is 0 Å². The summed E-state index contributed by atoms with van der Waals surface area (Å²) in [5.41, 5.74) is 5.05.